The third-order valence-electron chi connectivity index (χ3n) is 2.04. The van der Waals surface area contributed by atoms with Gasteiger partial charge in [0.25, 0.3) is 0 Å². The molecular weight excluding hydrogens is 322 g/mol. The highest BCUT2D eigenvalue weighted by atomic mass is 32.2. The molecule has 0 N–H and O–H groups in total. The van der Waals surface area contributed by atoms with Crippen LogP contribution in [0.3, 0.4) is 0 Å². The average molecular weight is 331 g/mol. The minimum Gasteiger partial charge on any atom is -0.748 e. The zero-order chi connectivity index (χ0) is 16.6. The van der Waals surface area contributed by atoms with Crippen LogP contribution in [-0.2, 0) is 19.6 Å². The number of carbonyl (C=O) groups excluding carboxylic acids is 1. The molecule has 12 heteroatoms. The fraction of sp³-hybridized carbons (Fsp3) is 0.875. The molecule has 0 radical (unpaired) electrons. The summed E-state index contributed by atoms with van der Waals surface area (Å²) in [5, 5.41) is 0. The van der Waals surface area contributed by atoms with Crippen LogP contribution in [0.1, 0.15) is 13.8 Å². The predicted octanol–water partition coefficient (Wildman–Crippen LogP) is 1.59. The molecule has 0 bridgehead atoms. The van der Waals surface area contributed by atoms with Gasteiger partial charge in [-0.25, -0.2) is 8.42 Å². The molecule has 0 saturated heterocycles. The molecule has 0 aliphatic heterocycles. The zero-order valence-electron chi connectivity index (χ0n) is 10.0. The second-order valence-electron chi connectivity index (χ2n) is 4.10. The monoisotopic (exact) mass is 331 g/mol. The standard InChI is InChI=1S/C8H10F6O5S/c1-4(2)5(15)19-6(7(9,10)11,8(12,13)14)3-20(16,17)18/h4H,3H2,1-2H3,(H,16,17,18)/p-1. The lowest BCUT2D eigenvalue weighted by atomic mass is 10.0. The van der Waals surface area contributed by atoms with Crippen molar-refractivity contribution in [2.75, 3.05) is 5.75 Å². The molecule has 120 valence electrons. The quantitative estimate of drug-likeness (QED) is 0.444. The van der Waals surface area contributed by atoms with Gasteiger partial charge in [0.05, 0.1) is 21.8 Å². The number of carbonyl (C=O) groups is 1. The Morgan fingerprint density at radius 1 is 1.10 bits per heavy atom. The summed E-state index contributed by atoms with van der Waals surface area (Å²) in [6, 6.07) is 0. The zero-order valence-corrected chi connectivity index (χ0v) is 10.8. The smallest absolute Gasteiger partial charge is 0.438 e. The number of rotatable bonds is 4. The van der Waals surface area contributed by atoms with Crippen LogP contribution in [0.2, 0.25) is 0 Å². The number of ether oxygens (including phenoxy) is 1. The average Bonchev–Trinajstić information content (AvgIpc) is 2.10. The first-order valence-corrected chi connectivity index (χ1v) is 6.41. The molecule has 0 rings (SSSR count). The van der Waals surface area contributed by atoms with Crippen LogP contribution < -0.4 is 0 Å². The lowest BCUT2D eigenvalue weighted by molar-refractivity contribution is -0.362. The Balaban J connectivity index is 6.03. The van der Waals surface area contributed by atoms with E-state index < -0.39 is 45.7 Å². The lowest BCUT2D eigenvalue weighted by Gasteiger charge is -2.37. The highest BCUT2D eigenvalue weighted by molar-refractivity contribution is 7.85. The summed E-state index contributed by atoms with van der Waals surface area (Å²) >= 11 is 0. The molecule has 0 heterocycles. The second-order valence-corrected chi connectivity index (χ2v) is 5.50. The lowest BCUT2D eigenvalue weighted by Crippen LogP contribution is -2.63. The van der Waals surface area contributed by atoms with Crippen LogP contribution in [0, 0.1) is 5.92 Å². The molecule has 0 unspecified atom stereocenters. The van der Waals surface area contributed by atoms with E-state index in [4.69, 9.17) is 0 Å². The number of halogens is 6. The van der Waals surface area contributed by atoms with E-state index in [0.717, 1.165) is 13.8 Å². The summed E-state index contributed by atoms with van der Waals surface area (Å²) < 4.78 is 110. The van der Waals surface area contributed by atoms with Gasteiger partial charge in [0.15, 0.2) is 0 Å². The van der Waals surface area contributed by atoms with Crippen LogP contribution in [0.15, 0.2) is 0 Å². The van der Waals surface area contributed by atoms with Crippen molar-refractivity contribution in [3.8, 4) is 0 Å². The van der Waals surface area contributed by atoms with Gasteiger partial charge in [-0.3, -0.25) is 4.79 Å². The molecular formula is C8H9F6O5S-. The van der Waals surface area contributed by atoms with E-state index >= 15 is 0 Å². The van der Waals surface area contributed by atoms with Crippen LogP contribution >= 0.6 is 0 Å². The maximum Gasteiger partial charge on any atom is 0.438 e. The van der Waals surface area contributed by atoms with E-state index in [2.05, 4.69) is 4.74 Å². The summed E-state index contributed by atoms with van der Waals surface area (Å²) in [5.74, 6) is -6.32. The fourth-order valence-corrected chi connectivity index (χ4v) is 1.89. The van der Waals surface area contributed by atoms with Crippen molar-refractivity contribution >= 4 is 16.1 Å². The number of hydrogen-bond acceptors (Lipinski definition) is 5. The normalized spacial score (nSPS) is 14.5. The molecule has 0 spiro atoms. The third kappa shape index (κ3) is 4.23. The molecule has 0 aromatic heterocycles. The molecule has 0 aliphatic rings. The first-order valence-electron chi connectivity index (χ1n) is 4.83. The van der Waals surface area contributed by atoms with Gasteiger partial charge in [-0.05, 0) is 0 Å². The molecule has 20 heavy (non-hydrogen) atoms. The first kappa shape index (κ1) is 19.0. The molecule has 0 aromatic carbocycles. The van der Waals surface area contributed by atoms with Crippen molar-refractivity contribution in [3.63, 3.8) is 0 Å². The maximum absolute atomic E-state index is 12.6. The molecule has 0 aromatic rings. The number of hydrogen-bond donors (Lipinski definition) is 0. The largest absolute Gasteiger partial charge is 0.748 e. The van der Waals surface area contributed by atoms with E-state index in [1.165, 1.54) is 0 Å². The minimum absolute atomic E-state index is 0.936. The number of esters is 1. The van der Waals surface area contributed by atoms with Crippen LogP contribution in [-0.4, -0.2) is 42.6 Å². The van der Waals surface area contributed by atoms with Gasteiger partial charge in [0.1, 0.15) is 0 Å². The van der Waals surface area contributed by atoms with Crippen LogP contribution in [0.25, 0.3) is 0 Å². The Morgan fingerprint density at radius 2 is 1.45 bits per heavy atom. The highest BCUT2D eigenvalue weighted by Crippen LogP contribution is 2.47. The summed E-state index contributed by atoms with van der Waals surface area (Å²) in [6.45, 7) is 1.87. The van der Waals surface area contributed by atoms with Crippen LogP contribution in [0.5, 0.6) is 0 Å². The van der Waals surface area contributed by atoms with Crippen molar-refractivity contribution in [2.24, 2.45) is 5.92 Å². The Bertz CT molecular complexity index is 449. The summed E-state index contributed by atoms with van der Waals surface area (Å²) in [7, 11) is -5.99. The summed E-state index contributed by atoms with van der Waals surface area (Å²) in [6.07, 6.45) is -12.7. The van der Waals surface area contributed by atoms with Crippen molar-refractivity contribution in [2.45, 2.75) is 31.8 Å². The molecule has 0 saturated carbocycles. The van der Waals surface area contributed by atoms with E-state index in [1.807, 2.05) is 0 Å². The fourth-order valence-electron chi connectivity index (χ4n) is 1.01. The van der Waals surface area contributed by atoms with E-state index in [1.54, 1.807) is 0 Å². The van der Waals surface area contributed by atoms with Gasteiger partial charge in [0, 0.05) is 0 Å². The highest BCUT2D eigenvalue weighted by Gasteiger charge is 2.75. The van der Waals surface area contributed by atoms with Gasteiger partial charge in [-0.2, -0.15) is 26.3 Å². The van der Waals surface area contributed by atoms with Gasteiger partial charge in [-0.1, -0.05) is 13.8 Å². The Morgan fingerprint density at radius 3 is 1.65 bits per heavy atom. The molecule has 0 amide bonds. The van der Waals surface area contributed by atoms with Gasteiger partial charge in [-0.15, -0.1) is 0 Å². The van der Waals surface area contributed by atoms with Gasteiger partial charge >= 0.3 is 23.9 Å². The molecule has 0 fully saturated rings. The summed E-state index contributed by atoms with van der Waals surface area (Å²) in [4.78, 5) is 11.0. The Hall–Kier alpha value is -1.04. The maximum atomic E-state index is 12.6. The topological polar surface area (TPSA) is 83.5 Å². The third-order valence-corrected chi connectivity index (χ3v) is 2.80. The van der Waals surface area contributed by atoms with E-state index in [9.17, 15) is 44.1 Å². The predicted molar refractivity (Wildman–Crippen MR) is 50.3 cm³/mol. The van der Waals surface area contributed by atoms with Crippen LogP contribution in [0.4, 0.5) is 26.3 Å². The van der Waals surface area contributed by atoms with Crippen molar-refractivity contribution in [1.29, 1.82) is 0 Å². The van der Waals surface area contributed by atoms with E-state index in [-0.39, 0.29) is 0 Å². The minimum atomic E-state index is -6.33. The SMILES string of the molecule is CC(C)C(=O)OC(CS(=O)(=O)[O-])(C(F)(F)F)C(F)(F)F. The van der Waals surface area contributed by atoms with Crippen molar-refractivity contribution in [1.82, 2.24) is 0 Å². The summed E-state index contributed by atoms with van der Waals surface area (Å²) in [5.41, 5.74) is -5.39. The Labute approximate surface area is 109 Å². The number of alkyl halides is 6. The van der Waals surface area contributed by atoms with E-state index in [0.29, 0.717) is 0 Å². The Kier molecular flexibility index (Phi) is 5.11. The van der Waals surface area contributed by atoms with Crippen molar-refractivity contribution < 1.29 is 48.8 Å². The molecule has 0 aliphatic carbocycles. The molecule has 0 atom stereocenters. The van der Waals surface area contributed by atoms with Gasteiger partial charge < -0.3 is 9.29 Å². The van der Waals surface area contributed by atoms with Crippen molar-refractivity contribution in [3.05, 3.63) is 0 Å². The van der Waals surface area contributed by atoms with Gasteiger partial charge in [0.2, 0.25) is 0 Å². The molecule has 5 nitrogen and oxygen atoms in total. The first-order chi connectivity index (χ1) is 8.53. The second kappa shape index (κ2) is 5.39.